The Balaban J connectivity index is 1.31. The zero-order chi connectivity index (χ0) is 30.7. The normalized spacial score (nSPS) is 18.8. The van der Waals surface area contributed by atoms with Crippen LogP contribution in [0.25, 0.3) is 10.8 Å². The first-order chi connectivity index (χ1) is 20.5. The van der Waals surface area contributed by atoms with Gasteiger partial charge in [-0.25, -0.2) is 8.93 Å². The fourth-order valence-electron chi connectivity index (χ4n) is 6.56. The molecule has 4 aromatic carbocycles. The molecule has 1 fully saturated rings. The van der Waals surface area contributed by atoms with Crippen LogP contribution in [-0.4, -0.2) is 29.9 Å². The molecule has 0 heterocycles. The fraction of sp³-hybridized carbons (Fsp3) is 0.421. The van der Waals surface area contributed by atoms with E-state index in [-0.39, 0.29) is 15.8 Å². The molecule has 0 bridgehead atoms. The van der Waals surface area contributed by atoms with Crippen molar-refractivity contribution < 1.29 is 8.63 Å². The van der Waals surface area contributed by atoms with Gasteiger partial charge in [0.05, 0.1) is 15.7 Å². The molecule has 0 aliphatic heterocycles. The van der Waals surface area contributed by atoms with Crippen molar-refractivity contribution in [3.8, 4) is 0 Å². The van der Waals surface area contributed by atoms with E-state index >= 15 is 0 Å². The van der Waals surface area contributed by atoms with Crippen molar-refractivity contribution in [3.05, 3.63) is 109 Å². The monoisotopic (exact) mass is 611 g/mol. The van der Waals surface area contributed by atoms with Gasteiger partial charge < -0.3 is 4.43 Å². The highest BCUT2D eigenvalue weighted by Gasteiger charge is 2.51. The molecule has 0 radical (unpaired) electrons. The Hall–Kier alpha value is -2.57. The van der Waals surface area contributed by atoms with Crippen LogP contribution in [0.15, 0.2) is 103 Å². The third-order valence-corrected chi connectivity index (χ3v) is 15.7. The van der Waals surface area contributed by atoms with Crippen LogP contribution < -0.4 is 15.1 Å². The average Bonchev–Trinajstić information content (AvgIpc) is 3.73. The van der Waals surface area contributed by atoms with Gasteiger partial charge in [0.15, 0.2) is 0 Å². The predicted octanol–water partition coefficient (Wildman–Crippen LogP) is 7.80. The van der Waals surface area contributed by atoms with Gasteiger partial charge in [-0.3, -0.25) is 0 Å². The van der Waals surface area contributed by atoms with Crippen LogP contribution >= 0.6 is 0 Å². The first kappa shape index (κ1) is 31.8. The van der Waals surface area contributed by atoms with Crippen molar-refractivity contribution >= 4 is 40.4 Å². The molecule has 0 unspecified atom stereocenters. The minimum absolute atomic E-state index is 0.0216. The molecule has 5 heteroatoms. The van der Waals surface area contributed by atoms with E-state index in [4.69, 9.17) is 4.43 Å². The van der Waals surface area contributed by atoms with Crippen LogP contribution in [0.2, 0.25) is 5.04 Å². The number of benzene rings is 4. The Morgan fingerprint density at radius 1 is 0.791 bits per heavy atom. The highest BCUT2D eigenvalue weighted by atomic mass is 32.2. The van der Waals surface area contributed by atoms with E-state index in [2.05, 4.69) is 149 Å². The second-order valence-corrected chi connectivity index (χ2v) is 20.6. The van der Waals surface area contributed by atoms with Gasteiger partial charge in [0.1, 0.15) is 0 Å². The predicted molar refractivity (Wildman–Crippen MR) is 187 cm³/mol. The van der Waals surface area contributed by atoms with Gasteiger partial charge in [-0.15, -0.1) is 0 Å². The van der Waals surface area contributed by atoms with Crippen LogP contribution in [0, 0.1) is 11.8 Å². The Labute approximate surface area is 263 Å². The van der Waals surface area contributed by atoms with E-state index in [1.165, 1.54) is 33.1 Å². The maximum atomic E-state index is 13.2. The van der Waals surface area contributed by atoms with Gasteiger partial charge in [-0.2, -0.15) is 0 Å². The van der Waals surface area contributed by atoms with Gasteiger partial charge in [-0.05, 0) is 90.0 Å². The van der Waals surface area contributed by atoms with Crippen LogP contribution in [0.1, 0.15) is 66.4 Å². The first-order valence-electron chi connectivity index (χ1n) is 15.9. The number of aryl methyl sites for hydroxylation is 1. The maximum absolute atomic E-state index is 13.2. The van der Waals surface area contributed by atoms with Crippen molar-refractivity contribution in [2.75, 3.05) is 6.61 Å². The molecule has 0 spiro atoms. The molecule has 0 saturated heterocycles. The first-order valence-corrected chi connectivity index (χ1v) is 18.9. The van der Waals surface area contributed by atoms with E-state index in [1.54, 1.807) is 0 Å². The summed E-state index contributed by atoms with van der Waals surface area (Å²) >= 11 is 0. The fourth-order valence-corrected chi connectivity index (χ4v) is 12.0. The van der Waals surface area contributed by atoms with E-state index in [0.29, 0.717) is 11.8 Å². The van der Waals surface area contributed by atoms with E-state index in [0.717, 1.165) is 25.9 Å². The van der Waals surface area contributed by atoms with Gasteiger partial charge >= 0.3 is 0 Å². The van der Waals surface area contributed by atoms with Crippen molar-refractivity contribution in [1.82, 2.24) is 4.72 Å². The quantitative estimate of drug-likeness (QED) is 0.166. The second-order valence-electron chi connectivity index (χ2n) is 14.3. The molecule has 5 rings (SSSR count). The van der Waals surface area contributed by atoms with Gasteiger partial charge in [0.2, 0.25) is 0 Å². The number of nitrogens with one attached hydrogen (secondary N) is 1. The summed E-state index contributed by atoms with van der Waals surface area (Å²) in [6.07, 6.45) is 4.14. The SMILES string of the molecule is CC(C)(C)[S@](=O)N[C@H](CCc1cccc2ccccc12)C[C@@H]1C[C@@H]1CO[Si](c1ccccc1)(c1ccccc1)C(C)(C)C. The number of rotatable bonds is 12. The van der Waals surface area contributed by atoms with Crippen molar-refractivity contribution in [3.63, 3.8) is 0 Å². The van der Waals surface area contributed by atoms with Gasteiger partial charge in [0.25, 0.3) is 8.32 Å². The lowest BCUT2D eigenvalue weighted by molar-refractivity contribution is 0.270. The zero-order valence-corrected chi connectivity index (χ0v) is 28.6. The van der Waals surface area contributed by atoms with Crippen LogP contribution in [0.5, 0.6) is 0 Å². The molecule has 1 aliphatic carbocycles. The summed E-state index contributed by atoms with van der Waals surface area (Å²) in [5, 5.41) is 5.25. The largest absolute Gasteiger partial charge is 0.407 e. The molecular formula is C38H49NO2SSi. The molecule has 1 saturated carbocycles. The van der Waals surface area contributed by atoms with E-state index in [1.807, 2.05) is 0 Å². The highest BCUT2D eigenvalue weighted by molar-refractivity contribution is 7.84. The maximum Gasteiger partial charge on any atom is 0.261 e. The minimum atomic E-state index is -2.54. The summed E-state index contributed by atoms with van der Waals surface area (Å²) in [6.45, 7) is 14.0. The third-order valence-electron chi connectivity index (χ3n) is 9.06. The van der Waals surface area contributed by atoms with Crippen molar-refractivity contribution in [2.45, 2.75) is 83.1 Å². The molecule has 1 aliphatic rings. The molecule has 4 atom stereocenters. The minimum Gasteiger partial charge on any atom is -0.407 e. The van der Waals surface area contributed by atoms with E-state index < -0.39 is 19.3 Å². The van der Waals surface area contributed by atoms with Crippen molar-refractivity contribution in [1.29, 1.82) is 0 Å². The Bertz CT molecular complexity index is 1470. The summed E-state index contributed by atoms with van der Waals surface area (Å²) in [6, 6.07) is 37.3. The molecule has 3 nitrogen and oxygen atoms in total. The third kappa shape index (κ3) is 7.39. The summed E-state index contributed by atoms with van der Waals surface area (Å²) in [7, 11) is -3.65. The molecule has 0 aromatic heterocycles. The lowest BCUT2D eigenvalue weighted by atomic mass is 9.97. The number of hydrogen-bond donors (Lipinski definition) is 1. The Kier molecular flexibility index (Phi) is 9.77. The smallest absolute Gasteiger partial charge is 0.261 e. The number of hydrogen-bond acceptors (Lipinski definition) is 2. The van der Waals surface area contributed by atoms with Crippen molar-refractivity contribution in [2.24, 2.45) is 11.8 Å². The van der Waals surface area contributed by atoms with Crippen LogP contribution in [0.3, 0.4) is 0 Å². The standard InChI is InChI=1S/C38H49NO2SSi/c1-37(2,3)42(40)39-33(25-24-30-18-15-17-29-16-13-14-23-36(29)30)27-31-26-32(31)28-41-43(38(4,5)6,34-19-9-7-10-20-34)35-21-11-8-12-22-35/h7-23,31-33,39H,24-28H2,1-6H3/t31-,32+,33+,42-/m0/s1. The van der Waals surface area contributed by atoms with E-state index in [9.17, 15) is 4.21 Å². The summed E-state index contributed by atoms with van der Waals surface area (Å²) in [5.41, 5.74) is 1.37. The molecule has 0 amide bonds. The lowest BCUT2D eigenvalue weighted by Crippen LogP contribution is -2.66. The molecule has 1 N–H and O–H groups in total. The number of fused-ring (bicyclic) bond motifs is 1. The summed E-state index contributed by atoms with van der Waals surface area (Å²) in [5.74, 6) is 1.12. The summed E-state index contributed by atoms with van der Waals surface area (Å²) < 4.78 is 23.8. The Morgan fingerprint density at radius 3 is 1.98 bits per heavy atom. The van der Waals surface area contributed by atoms with Gasteiger partial charge in [-0.1, -0.05) is 124 Å². The molecular weight excluding hydrogens is 563 g/mol. The molecule has 228 valence electrons. The second kappa shape index (κ2) is 13.2. The van der Waals surface area contributed by atoms with Crippen LogP contribution in [0.4, 0.5) is 0 Å². The summed E-state index contributed by atoms with van der Waals surface area (Å²) in [4.78, 5) is 0. The average molecular weight is 612 g/mol. The molecule has 4 aromatic rings. The Morgan fingerprint density at radius 2 is 1.37 bits per heavy atom. The topological polar surface area (TPSA) is 38.3 Å². The van der Waals surface area contributed by atoms with Crippen LogP contribution in [-0.2, 0) is 21.8 Å². The van der Waals surface area contributed by atoms with Gasteiger partial charge in [0, 0.05) is 12.6 Å². The lowest BCUT2D eigenvalue weighted by Gasteiger charge is -2.43. The highest BCUT2D eigenvalue weighted by Crippen LogP contribution is 2.45. The molecule has 43 heavy (non-hydrogen) atoms. The zero-order valence-electron chi connectivity index (χ0n) is 26.8.